The number of benzene rings is 1. The van der Waals surface area contributed by atoms with Gasteiger partial charge in [-0.3, -0.25) is 4.68 Å². The largest absolute Gasteiger partial charge is 0.490 e. The van der Waals surface area contributed by atoms with E-state index < -0.39 is 0 Å². The number of rotatable bonds is 5. The van der Waals surface area contributed by atoms with Crippen LogP contribution in [0.2, 0.25) is 0 Å². The minimum absolute atomic E-state index is 0.497. The first-order chi connectivity index (χ1) is 8.78. The molecule has 0 aliphatic carbocycles. The van der Waals surface area contributed by atoms with E-state index in [4.69, 9.17) is 4.74 Å². The van der Waals surface area contributed by atoms with E-state index in [-0.39, 0.29) is 0 Å². The van der Waals surface area contributed by atoms with Gasteiger partial charge in [-0.05, 0) is 24.3 Å². The third-order valence-corrected chi connectivity index (χ3v) is 2.18. The maximum Gasteiger partial charge on any atom is 0.124 e. The number of aryl methyl sites for hydroxylation is 1. The molecule has 0 aliphatic heterocycles. The second-order valence-electron chi connectivity index (χ2n) is 3.67. The summed E-state index contributed by atoms with van der Waals surface area (Å²) >= 11 is 0. The summed E-state index contributed by atoms with van der Waals surface area (Å²) in [7, 11) is 1.84. The smallest absolute Gasteiger partial charge is 0.124 e. The van der Waals surface area contributed by atoms with Crippen molar-refractivity contribution in [3.8, 4) is 5.75 Å². The standard InChI is InChI=1S/C13H14N4O/c1-3-8-18-13-6-4-11(5-7-13)15-16-12-9-14-17(2)10-12/h3-7,9-10H,1,8H2,2H3/b16-15+. The van der Waals surface area contributed by atoms with Gasteiger partial charge in [0, 0.05) is 7.05 Å². The second-order valence-corrected chi connectivity index (χ2v) is 3.67. The lowest BCUT2D eigenvalue weighted by Gasteiger charge is -2.01. The number of hydrogen-bond donors (Lipinski definition) is 0. The van der Waals surface area contributed by atoms with Crippen LogP contribution in [0, 0.1) is 0 Å². The summed E-state index contributed by atoms with van der Waals surface area (Å²) in [5.41, 5.74) is 1.49. The summed E-state index contributed by atoms with van der Waals surface area (Å²) in [5, 5.41) is 12.2. The average Bonchev–Trinajstić information content (AvgIpc) is 2.81. The lowest BCUT2D eigenvalue weighted by molar-refractivity contribution is 0.363. The van der Waals surface area contributed by atoms with Crippen molar-refractivity contribution in [2.75, 3.05) is 6.61 Å². The molecule has 0 fully saturated rings. The fourth-order valence-corrected chi connectivity index (χ4v) is 1.34. The van der Waals surface area contributed by atoms with Gasteiger partial charge in [0.1, 0.15) is 18.0 Å². The van der Waals surface area contributed by atoms with Gasteiger partial charge in [0.15, 0.2) is 0 Å². The van der Waals surface area contributed by atoms with Crippen LogP contribution in [0.15, 0.2) is 59.5 Å². The highest BCUT2D eigenvalue weighted by Gasteiger charge is 1.95. The molecule has 0 amide bonds. The van der Waals surface area contributed by atoms with Gasteiger partial charge in [-0.15, -0.1) is 5.11 Å². The monoisotopic (exact) mass is 242 g/mol. The molecule has 0 N–H and O–H groups in total. The molecule has 0 spiro atoms. The van der Waals surface area contributed by atoms with Crippen LogP contribution in [-0.4, -0.2) is 16.4 Å². The molecular formula is C13H14N4O. The molecule has 0 atom stereocenters. The van der Waals surface area contributed by atoms with Crippen LogP contribution in [0.25, 0.3) is 0 Å². The van der Waals surface area contributed by atoms with Crippen molar-refractivity contribution in [3.63, 3.8) is 0 Å². The fraction of sp³-hybridized carbons (Fsp3) is 0.154. The first kappa shape index (κ1) is 12.0. The van der Waals surface area contributed by atoms with Crippen molar-refractivity contribution in [1.82, 2.24) is 9.78 Å². The van der Waals surface area contributed by atoms with E-state index in [1.165, 1.54) is 0 Å². The number of hydrogen-bond acceptors (Lipinski definition) is 4. The molecule has 0 radical (unpaired) electrons. The Morgan fingerprint density at radius 2 is 2.00 bits per heavy atom. The van der Waals surface area contributed by atoms with E-state index in [2.05, 4.69) is 21.9 Å². The number of azo groups is 1. The summed E-state index contributed by atoms with van der Waals surface area (Å²) in [6.07, 6.45) is 5.16. The van der Waals surface area contributed by atoms with Crippen LogP contribution in [0.4, 0.5) is 11.4 Å². The van der Waals surface area contributed by atoms with Gasteiger partial charge >= 0.3 is 0 Å². The van der Waals surface area contributed by atoms with Gasteiger partial charge in [0.2, 0.25) is 0 Å². The van der Waals surface area contributed by atoms with Gasteiger partial charge in [-0.1, -0.05) is 12.7 Å². The zero-order valence-electron chi connectivity index (χ0n) is 10.2. The van der Waals surface area contributed by atoms with Gasteiger partial charge in [0.05, 0.1) is 18.1 Å². The van der Waals surface area contributed by atoms with Crippen LogP contribution in [0.1, 0.15) is 0 Å². The molecule has 5 nitrogen and oxygen atoms in total. The Bertz CT molecular complexity index is 542. The van der Waals surface area contributed by atoms with Crippen molar-refractivity contribution in [2.45, 2.75) is 0 Å². The third-order valence-electron chi connectivity index (χ3n) is 2.18. The maximum absolute atomic E-state index is 5.37. The van der Waals surface area contributed by atoms with Crippen LogP contribution in [0.5, 0.6) is 5.75 Å². The molecule has 0 unspecified atom stereocenters. The third kappa shape index (κ3) is 3.28. The Morgan fingerprint density at radius 3 is 2.61 bits per heavy atom. The molecular weight excluding hydrogens is 228 g/mol. The highest BCUT2D eigenvalue weighted by atomic mass is 16.5. The lowest BCUT2D eigenvalue weighted by Crippen LogP contribution is -1.91. The molecule has 1 aromatic carbocycles. The molecule has 18 heavy (non-hydrogen) atoms. The van der Waals surface area contributed by atoms with Gasteiger partial charge in [-0.2, -0.15) is 10.2 Å². The Hall–Kier alpha value is -2.43. The van der Waals surface area contributed by atoms with Crippen LogP contribution >= 0.6 is 0 Å². The van der Waals surface area contributed by atoms with Crippen molar-refractivity contribution in [2.24, 2.45) is 17.3 Å². The first-order valence-corrected chi connectivity index (χ1v) is 5.52. The molecule has 0 saturated heterocycles. The van der Waals surface area contributed by atoms with Crippen molar-refractivity contribution >= 4 is 11.4 Å². The molecule has 2 aromatic rings. The Morgan fingerprint density at radius 1 is 1.28 bits per heavy atom. The molecule has 5 heteroatoms. The van der Waals surface area contributed by atoms with E-state index in [1.54, 1.807) is 23.2 Å². The van der Waals surface area contributed by atoms with Crippen molar-refractivity contribution in [3.05, 3.63) is 49.3 Å². The van der Waals surface area contributed by atoms with Gasteiger partial charge < -0.3 is 4.74 Å². The number of ether oxygens (including phenoxy) is 1. The fourth-order valence-electron chi connectivity index (χ4n) is 1.34. The van der Waals surface area contributed by atoms with Crippen molar-refractivity contribution < 1.29 is 4.74 Å². The summed E-state index contributed by atoms with van der Waals surface area (Å²) in [6, 6.07) is 7.39. The normalized spacial score (nSPS) is 10.7. The Labute approximate surface area is 105 Å². The molecule has 0 aliphatic rings. The summed E-state index contributed by atoms with van der Waals surface area (Å²) in [6.45, 7) is 4.09. The molecule has 1 aromatic heterocycles. The summed E-state index contributed by atoms with van der Waals surface area (Å²) in [4.78, 5) is 0. The van der Waals surface area contributed by atoms with E-state index in [0.29, 0.717) is 6.61 Å². The Balaban J connectivity index is 2.01. The second kappa shape index (κ2) is 5.77. The predicted molar refractivity (Wildman–Crippen MR) is 69.5 cm³/mol. The average molecular weight is 242 g/mol. The Kier molecular flexibility index (Phi) is 3.86. The summed E-state index contributed by atoms with van der Waals surface area (Å²) < 4.78 is 7.05. The quantitative estimate of drug-likeness (QED) is 0.596. The molecule has 0 bridgehead atoms. The number of nitrogens with zero attached hydrogens (tertiary/aromatic N) is 4. The van der Waals surface area contributed by atoms with Gasteiger partial charge in [0.25, 0.3) is 0 Å². The minimum Gasteiger partial charge on any atom is -0.490 e. The topological polar surface area (TPSA) is 51.8 Å². The molecule has 0 saturated carbocycles. The van der Waals surface area contributed by atoms with Crippen LogP contribution in [0.3, 0.4) is 0 Å². The molecule has 1 heterocycles. The van der Waals surface area contributed by atoms with Crippen LogP contribution in [-0.2, 0) is 7.05 Å². The summed E-state index contributed by atoms with van der Waals surface area (Å²) in [5.74, 6) is 0.787. The SMILES string of the molecule is C=CCOc1ccc(/N=N/c2cnn(C)c2)cc1. The highest BCUT2D eigenvalue weighted by Crippen LogP contribution is 2.20. The van der Waals surface area contributed by atoms with E-state index in [1.807, 2.05) is 31.3 Å². The first-order valence-electron chi connectivity index (χ1n) is 5.52. The van der Waals surface area contributed by atoms with Crippen molar-refractivity contribution in [1.29, 1.82) is 0 Å². The highest BCUT2D eigenvalue weighted by molar-refractivity contribution is 5.41. The lowest BCUT2D eigenvalue weighted by atomic mass is 10.3. The molecule has 92 valence electrons. The van der Waals surface area contributed by atoms with E-state index >= 15 is 0 Å². The minimum atomic E-state index is 0.497. The van der Waals surface area contributed by atoms with Gasteiger partial charge in [-0.25, -0.2) is 0 Å². The zero-order chi connectivity index (χ0) is 12.8. The predicted octanol–water partition coefficient (Wildman–Crippen LogP) is 3.40. The maximum atomic E-state index is 5.37. The number of aromatic nitrogens is 2. The zero-order valence-corrected chi connectivity index (χ0v) is 10.2. The van der Waals surface area contributed by atoms with Crippen LogP contribution < -0.4 is 4.74 Å². The van der Waals surface area contributed by atoms with E-state index in [0.717, 1.165) is 17.1 Å². The molecule has 2 rings (SSSR count). The van der Waals surface area contributed by atoms with E-state index in [9.17, 15) is 0 Å².